The first-order chi connectivity index (χ1) is 17.3. The number of nitrogens with zero attached hydrogens (tertiary/aromatic N) is 2. The lowest BCUT2D eigenvalue weighted by Crippen LogP contribution is -2.20. The Morgan fingerprint density at radius 3 is 2.22 bits per heavy atom. The van der Waals surface area contributed by atoms with Crippen molar-refractivity contribution in [3.8, 4) is 0 Å². The van der Waals surface area contributed by atoms with Gasteiger partial charge in [0.1, 0.15) is 5.69 Å². The monoisotopic (exact) mass is 479 g/mol. The van der Waals surface area contributed by atoms with Crippen LogP contribution in [0.5, 0.6) is 0 Å². The maximum absolute atomic E-state index is 13.3. The van der Waals surface area contributed by atoms with Gasteiger partial charge in [-0.05, 0) is 41.6 Å². The van der Waals surface area contributed by atoms with Gasteiger partial charge in [-0.2, -0.15) is 5.11 Å². The summed E-state index contributed by atoms with van der Waals surface area (Å²) in [5, 5.41) is 32.4. The van der Waals surface area contributed by atoms with Crippen LogP contribution >= 0.6 is 0 Å². The van der Waals surface area contributed by atoms with E-state index in [1.807, 2.05) is 55.5 Å². The Morgan fingerprint density at radius 1 is 0.833 bits per heavy atom. The molecule has 0 aliphatic rings. The predicted octanol–water partition coefficient (Wildman–Crippen LogP) is 6.86. The maximum atomic E-state index is 13.3. The van der Waals surface area contributed by atoms with Crippen LogP contribution in [0.3, 0.4) is 0 Å². The van der Waals surface area contributed by atoms with Gasteiger partial charge in [0, 0.05) is 5.39 Å². The zero-order valence-corrected chi connectivity index (χ0v) is 19.2. The number of fused-ring (bicyclic) bond motifs is 1. The number of nitrogens with one attached hydrogen (secondary N) is 1. The van der Waals surface area contributed by atoms with Crippen LogP contribution < -0.4 is 5.32 Å². The first-order valence-electron chi connectivity index (χ1n) is 10.9. The molecule has 36 heavy (non-hydrogen) atoms. The van der Waals surface area contributed by atoms with Crippen LogP contribution in [0.4, 0.5) is 17.1 Å². The van der Waals surface area contributed by atoms with Gasteiger partial charge in [0.25, 0.3) is 5.91 Å². The molecule has 0 bridgehead atoms. The third kappa shape index (κ3) is 4.60. The van der Waals surface area contributed by atoms with Crippen LogP contribution in [0.2, 0.25) is 0 Å². The summed E-state index contributed by atoms with van der Waals surface area (Å²) < 4.78 is 0. The molecular formula is C28H21N3O5. The number of carbonyl (C=O) groups excluding carboxylic acids is 1. The standard InChI is InChI=1S/C28H21N3O5/c1-3-17-12-14-20(24(28(35)36)23(17)27(33)34)26(32)29-22-15-13-18-9-5-6-10-19(18)25(22)31-30-21-11-7-4-8-16(21)2/h3-15H,1H2,2H3,(H,29,32)(H,33,34)(H,35,36). The number of benzene rings is 4. The molecule has 0 unspecified atom stereocenters. The number of hydrogen-bond donors (Lipinski definition) is 3. The highest BCUT2D eigenvalue weighted by molar-refractivity contribution is 6.16. The van der Waals surface area contributed by atoms with Crippen molar-refractivity contribution in [3.63, 3.8) is 0 Å². The Balaban J connectivity index is 1.83. The summed E-state index contributed by atoms with van der Waals surface area (Å²) in [6.07, 6.45) is 1.23. The lowest BCUT2D eigenvalue weighted by Gasteiger charge is -2.14. The van der Waals surface area contributed by atoms with E-state index in [-0.39, 0.29) is 16.8 Å². The minimum atomic E-state index is -1.54. The normalized spacial score (nSPS) is 10.9. The van der Waals surface area contributed by atoms with Gasteiger partial charge in [-0.3, -0.25) is 4.79 Å². The van der Waals surface area contributed by atoms with E-state index in [2.05, 4.69) is 22.1 Å². The molecule has 0 spiro atoms. The van der Waals surface area contributed by atoms with Crippen molar-refractivity contribution in [2.45, 2.75) is 6.92 Å². The Hall–Kier alpha value is -5.11. The molecule has 8 heteroatoms. The molecule has 4 rings (SSSR count). The van der Waals surface area contributed by atoms with Crippen LogP contribution in [-0.2, 0) is 0 Å². The molecule has 0 saturated heterocycles. The van der Waals surface area contributed by atoms with E-state index in [0.717, 1.165) is 16.3 Å². The Bertz CT molecular complexity index is 1570. The first-order valence-corrected chi connectivity index (χ1v) is 10.9. The topological polar surface area (TPSA) is 128 Å². The van der Waals surface area contributed by atoms with Crippen LogP contribution in [0, 0.1) is 6.92 Å². The fourth-order valence-electron chi connectivity index (χ4n) is 3.86. The molecule has 0 aromatic heterocycles. The summed E-state index contributed by atoms with van der Waals surface area (Å²) in [4.78, 5) is 37.1. The Kier molecular flexibility index (Phi) is 6.69. The fourth-order valence-corrected chi connectivity index (χ4v) is 3.86. The molecule has 0 atom stereocenters. The molecule has 3 N–H and O–H groups in total. The summed E-state index contributed by atoms with van der Waals surface area (Å²) in [7, 11) is 0. The van der Waals surface area contributed by atoms with Crippen molar-refractivity contribution in [1.29, 1.82) is 0 Å². The van der Waals surface area contributed by atoms with Gasteiger partial charge >= 0.3 is 11.9 Å². The summed E-state index contributed by atoms with van der Waals surface area (Å²) in [5.74, 6) is -3.82. The largest absolute Gasteiger partial charge is 0.478 e. The Labute approximate surface area is 206 Å². The van der Waals surface area contributed by atoms with Gasteiger partial charge in [-0.25, -0.2) is 9.59 Å². The van der Waals surface area contributed by atoms with E-state index in [9.17, 15) is 24.6 Å². The van der Waals surface area contributed by atoms with Crippen molar-refractivity contribution >= 4 is 51.8 Å². The maximum Gasteiger partial charge on any atom is 0.337 e. The van der Waals surface area contributed by atoms with Crippen LogP contribution in [0.25, 0.3) is 16.8 Å². The number of azo groups is 1. The molecule has 0 saturated carbocycles. The number of aromatic carboxylic acids is 2. The number of carbonyl (C=O) groups is 3. The zero-order valence-electron chi connectivity index (χ0n) is 19.2. The predicted molar refractivity (Wildman–Crippen MR) is 138 cm³/mol. The van der Waals surface area contributed by atoms with Crippen molar-refractivity contribution in [2.24, 2.45) is 10.2 Å². The second-order valence-electron chi connectivity index (χ2n) is 7.89. The van der Waals surface area contributed by atoms with Crippen LogP contribution in [-0.4, -0.2) is 28.1 Å². The van der Waals surface area contributed by atoms with Crippen molar-refractivity contribution in [2.75, 3.05) is 5.32 Å². The molecule has 4 aromatic carbocycles. The van der Waals surface area contributed by atoms with E-state index in [4.69, 9.17) is 0 Å². The second-order valence-corrected chi connectivity index (χ2v) is 7.89. The highest BCUT2D eigenvalue weighted by atomic mass is 16.4. The smallest absolute Gasteiger partial charge is 0.337 e. The van der Waals surface area contributed by atoms with Gasteiger partial charge in [0.2, 0.25) is 0 Å². The number of aryl methyl sites for hydroxylation is 1. The number of carboxylic acid groups (broad SMARTS) is 2. The number of amides is 1. The van der Waals surface area contributed by atoms with Crippen molar-refractivity contribution in [3.05, 3.63) is 107 Å². The van der Waals surface area contributed by atoms with E-state index in [1.165, 1.54) is 18.2 Å². The molecule has 0 aliphatic heterocycles. The lowest BCUT2D eigenvalue weighted by atomic mass is 9.95. The zero-order chi connectivity index (χ0) is 25.8. The summed E-state index contributed by atoms with van der Waals surface area (Å²) in [6, 6.07) is 20.9. The van der Waals surface area contributed by atoms with Gasteiger partial charge in [-0.1, -0.05) is 67.3 Å². The third-order valence-electron chi connectivity index (χ3n) is 5.65. The SMILES string of the molecule is C=Cc1ccc(C(=O)Nc2ccc3ccccc3c2N=Nc2ccccc2C)c(C(=O)O)c1C(=O)O. The van der Waals surface area contributed by atoms with Crippen LogP contribution in [0.1, 0.15) is 42.2 Å². The molecular weight excluding hydrogens is 458 g/mol. The highest BCUT2D eigenvalue weighted by Gasteiger charge is 2.27. The van der Waals surface area contributed by atoms with Crippen molar-refractivity contribution in [1.82, 2.24) is 0 Å². The number of anilines is 1. The molecule has 0 radical (unpaired) electrons. The quantitative estimate of drug-likeness (QED) is 0.250. The molecule has 1 amide bonds. The van der Waals surface area contributed by atoms with Gasteiger partial charge in [-0.15, -0.1) is 5.11 Å². The van der Waals surface area contributed by atoms with E-state index < -0.39 is 29.0 Å². The van der Waals surface area contributed by atoms with Gasteiger partial charge in [0.15, 0.2) is 0 Å². The molecule has 8 nitrogen and oxygen atoms in total. The molecule has 0 heterocycles. The third-order valence-corrected chi connectivity index (χ3v) is 5.65. The minimum absolute atomic E-state index is 0.0925. The average molecular weight is 479 g/mol. The second kappa shape index (κ2) is 10.0. The highest BCUT2D eigenvalue weighted by Crippen LogP contribution is 2.36. The number of hydrogen-bond acceptors (Lipinski definition) is 5. The average Bonchev–Trinajstić information content (AvgIpc) is 2.87. The number of carboxylic acids is 2. The summed E-state index contributed by atoms with van der Waals surface area (Å²) in [6.45, 7) is 5.43. The number of rotatable bonds is 7. The lowest BCUT2D eigenvalue weighted by molar-refractivity contribution is 0.0649. The molecule has 4 aromatic rings. The van der Waals surface area contributed by atoms with Crippen LogP contribution in [0.15, 0.2) is 89.6 Å². The molecule has 0 fully saturated rings. The Morgan fingerprint density at radius 2 is 1.53 bits per heavy atom. The van der Waals surface area contributed by atoms with Crippen molar-refractivity contribution < 1.29 is 24.6 Å². The molecule has 178 valence electrons. The van der Waals surface area contributed by atoms with E-state index >= 15 is 0 Å². The fraction of sp³-hybridized carbons (Fsp3) is 0.0357. The van der Waals surface area contributed by atoms with Gasteiger partial charge in [0.05, 0.1) is 28.1 Å². The summed E-state index contributed by atoms with van der Waals surface area (Å²) >= 11 is 0. The first kappa shape index (κ1) is 24.0. The van der Waals surface area contributed by atoms with E-state index in [1.54, 1.807) is 12.1 Å². The summed E-state index contributed by atoms with van der Waals surface area (Å²) in [5.41, 5.74) is 0.892. The molecule has 0 aliphatic carbocycles. The minimum Gasteiger partial charge on any atom is -0.478 e. The van der Waals surface area contributed by atoms with E-state index in [0.29, 0.717) is 11.4 Å². The van der Waals surface area contributed by atoms with Gasteiger partial charge < -0.3 is 15.5 Å².